The van der Waals surface area contributed by atoms with Gasteiger partial charge in [-0.2, -0.15) is 0 Å². The fourth-order valence-corrected chi connectivity index (χ4v) is 1.21. The van der Waals surface area contributed by atoms with E-state index in [9.17, 15) is 0 Å². The minimum Gasteiger partial charge on any atom is -0.301 e. The Kier molecular flexibility index (Phi) is 7.61. The van der Waals surface area contributed by atoms with Crippen molar-refractivity contribution in [2.75, 3.05) is 7.05 Å². The van der Waals surface area contributed by atoms with E-state index < -0.39 is 0 Å². The monoisotopic (exact) mass is 205 g/mol. The molecule has 0 rings (SSSR count). The van der Waals surface area contributed by atoms with Crippen LogP contribution in [0.4, 0.5) is 0 Å². The summed E-state index contributed by atoms with van der Waals surface area (Å²) in [7, 11) is 1.79. The Morgan fingerprint density at radius 2 is 1.80 bits per heavy atom. The first-order valence-electron chi connectivity index (χ1n) is 5.60. The lowest BCUT2D eigenvalue weighted by atomic mass is 10.0. The van der Waals surface area contributed by atoms with Gasteiger partial charge < -0.3 is 4.99 Å². The highest BCUT2D eigenvalue weighted by molar-refractivity contribution is 5.62. The molecule has 0 saturated heterocycles. The van der Waals surface area contributed by atoms with E-state index in [-0.39, 0.29) is 0 Å². The molecule has 0 aromatic heterocycles. The standard InChI is InChI=1S/C14H23N/c1-6-14(7-2)9-8-12(3)13(4)10-11-15-5/h8-9,11H,4,6-7,10H2,1-3,5H3/b12-8-,15-11?. The highest BCUT2D eigenvalue weighted by atomic mass is 14.6. The molecule has 0 fully saturated rings. The van der Waals surface area contributed by atoms with Crippen LogP contribution in [-0.4, -0.2) is 13.3 Å². The summed E-state index contributed by atoms with van der Waals surface area (Å²) >= 11 is 0. The van der Waals surface area contributed by atoms with E-state index in [0.29, 0.717) is 0 Å². The highest BCUT2D eigenvalue weighted by Crippen LogP contribution is 2.12. The summed E-state index contributed by atoms with van der Waals surface area (Å²) < 4.78 is 0. The van der Waals surface area contributed by atoms with Crippen molar-refractivity contribution in [3.05, 3.63) is 35.5 Å². The fraction of sp³-hybridized carbons (Fsp3) is 0.500. The Bertz CT molecular complexity index is 274. The molecule has 0 radical (unpaired) electrons. The molecular formula is C14H23N. The van der Waals surface area contributed by atoms with Crippen molar-refractivity contribution in [3.63, 3.8) is 0 Å². The zero-order valence-electron chi connectivity index (χ0n) is 10.5. The van der Waals surface area contributed by atoms with Crippen LogP contribution in [0.2, 0.25) is 0 Å². The molecule has 0 atom stereocenters. The Hall–Kier alpha value is -1.11. The van der Waals surface area contributed by atoms with Crippen LogP contribution >= 0.6 is 0 Å². The third-order valence-electron chi connectivity index (χ3n) is 2.56. The van der Waals surface area contributed by atoms with Gasteiger partial charge in [0.25, 0.3) is 0 Å². The number of aliphatic imine (C=N–C) groups is 1. The van der Waals surface area contributed by atoms with Crippen molar-refractivity contribution in [2.24, 2.45) is 4.99 Å². The molecule has 0 N–H and O–H groups in total. The topological polar surface area (TPSA) is 12.4 Å². The fourth-order valence-electron chi connectivity index (χ4n) is 1.21. The first kappa shape index (κ1) is 13.9. The van der Waals surface area contributed by atoms with Crippen LogP contribution in [0.25, 0.3) is 0 Å². The van der Waals surface area contributed by atoms with Gasteiger partial charge in [-0.25, -0.2) is 0 Å². The average Bonchev–Trinajstić information content (AvgIpc) is 2.26. The number of hydrogen-bond acceptors (Lipinski definition) is 1. The van der Waals surface area contributed by atoms with Gasteiger partial charge >= 0.3 is 0 Å². The Balaban J connectivity index is 4.42. The Labute approximate surface area is 94.3 Å². The average molecular weight is 205 g/mol. The third-order valence-corrected chi connectivity index (χ3v) is 2.56. The third kappa shape index (κ3) is 6.05. The second-order valence-electron chi connectivity index (χ2n) is 3.63. The molecule has 0 aliphatic rings. The highest BCUT2D eigenvalue weighted by Gasteiger charge is 1.94. The van der Waals surface area contributed by atoms with Gasteiger partial charge in [-0.1, -0.05) is 38.2 Å². The van der Waals surface area contributed by atoms with Crippen molar-refractivity contribution in [1.82, 2.24) is 0 Å². The van der Waals surface area contributed by atoms with Gasteiger partial charge in [-0.3, -0.25) is 0 Å². The van der Waals surface area contributed by atoms with Crippen molar-refractivity contribution < 1.29 is 0 Å². The normalized spacial score (nSPS) is 11.9. The molecule has 0 saturated carbocycles. The largest absolute Gasteiger partial charge is 0.301 e. The van der Waals surface area contributed by atoms with Crippen molar-refractivity contribution >= 4 is 6.21 Å². The van der Waals surface area contributed by atoms with Gasteiger partial charge in [0.05, 0.1) is 0 Å². The lowest BCUT2D eigenvalue weighted by Crippen LogP contribution is -1.85. The molecule has 0 bridgehead atoms. The van der Waals surface area contributed by atoms with E-state index in [0.717, 1.165) is 24.8 Å². The second kappa shape index (κ2) is 8.22. The minimum atomic E-state index is 0.847. The summed E-state index contributed by atoms with van der Waals surface area (Å²) in [6, 6.07) is 0. The number of nitrogens with zero attached hydrogens (tertiary/aromatic N) is 1. The van der Waals surface area contributed by atoms with Crippen LogP contribution in [0.3, 0.4) is 0 Å². The van der Waals surface area contributed by atoms with E-state index in [4.69, 9.17) is 0 Å². The molecule has 0 aliphatic heterocycles. The van der Waals surface area contributed by atoms with Crippen LogP contribution in [0, 0.1) is 0 Å². The quantitative estimate of drug-likeness (QED) is 0.452. The molecule has 0 aromatic carbocycles. The summed E-state index contributed by atoms with van der Waals surface area (Å²) in [5, 5.41) is 0. The zero-order chi connectivity index (χ0) is 11.7. The van der Waals surface area contributed by atoms with Crippen LogP contribution in [0.15, 0.2) is 40.4 Å². The van der Waals surface area contributed by atoms with Gasteiger partial charge in [0.2, 0.25) is 0 Å². The van der Waals surface area contributed by atoms with E-state index in [1.54, 1.807) is 7.05 Å². The molecule has 0 aromatic rings. The maximum Gasteiger partial charge on any atom is 0.0273 e. The molecule has 84 valence electrons. The predicted molar refractivity (Wildman–Crippen MR) is 70.6 cm³/mol. The molecule has 15 heavy (non-hydrogen) atoms. The SMILES string of the molecule is C=C(CC=NC)/C(C)=C\C=C(CC)CC. The van der Waals surface area contributed by atoms with Gasteiger partial charge in [-0.05, 0) is 30.9 Å². The van der Waals surface area contributed by atoms with Crippen LogP contribution < -0.4 is 0 Å². The molecule has 0 aliphatic carbocycles. The molecular weight excluding hydrogens is 182 g/mol. The van der Waals surface area contributed by atoms with Crippen molar-refractivity contribution in [1.29, 1.82) is 0 Å². The number of hydrogen-bond donors (Lipinski definition) is 0. The minimum absolute atomic E-state index is 0.847. The number of rotatable bonds is 6. The summed E-state index contributed by atoms with van der Waals surface area (Å²) in [5.74, 6) is 0. The molecule has 1 heteroatoms. The first-order chi connectivity index (χ1) is 7.15. The number of allylic oxidation sites excluding steroid dienone is 5. The van der Waals surface area contributed by atoms with E-state index in [1.807, 2.05) is 6.21 Å². The Morgan fingerprint density at radius 3 is 2.27 bits per heavy atom. The Morgan fingerprint density at radius 1 is 1.20 bits per heavy atom. The van der Waals surface area contributed by atoms with Crippen LogP contribution in [0.1, 0.15) is 40.0 Å². The lowest BCUT2D eigenvalue weighted by Gasteiger charge is -2.02. The van der Waals surface area contributed by atoms with E-state index in [2.05, 4.69) is 44.5 Å². The van der Waals surface area contributed by atoms with Gasteiger partial charge in [-0.15, -0.1) is 0 Å². The van der Waals surface area contributed by atoms with Gasteiger partial charge in [0.15, 0.2) is 0 Å². The van der Waals surface area contributed by atoms with Crippen molar-refractivity contribution in [2.45, 2.75) is 40.0 Å². The maximum atomic E-state index is 4.03. The van der Waals surface area contributed by atoms with E-state index >= 15 is 0 Å². The predicted octanol–water partition coefficient (Wildman–Crippen LogP) is 4.33. The maximum absolute atomic E-state index is 4.03. The second-order valence-corrected chi connectivity index (χ2v) is 3.63. The molecule has 0 amide bonds. The zero-order valence-corrected chi connectivity index (χ0v) is 10.5. The summed E-state index contributed by atoms with van der Waals surface area (Å²) in [4.78, 5) is 3.96. The van der Waals surface area contributed by atoms with Crippen LogP contribution in [0.5, 0.6) is 0 Å². The first-order valence-corrected chi connectivity index (χ1v) is 5.60. The molecule has 0 heterocycles. The van der Waals surface area contributed by atoms with Crippen LogP contribution in [-0.2, 0) is 0 Å². The van der Waals surface area contributed by atoms with E-state index in [1.165, 1.54) is 11.1 Å². The molecule has 1 nitrogen and oxygen atoms in total. The van der Waals surface area contributed by atoms with Gasteiger partial charge in [0, 0.05) is 19.7 Å². The molecule has 0 unspecified atom stereocenters. The summed E-state index contributed by atoms with van der Waals surface area (Å²) in [6.45, 7) is 10.5. The molecule has 0 spiro atoms. The lowest BCUT2D eigenvalue weighted by molar-refractivity contribution is 0.977. The summed E-state index contributed by atoms with van der Waals surface area (Å²) in [5.41, 5.74) is 3.86. The van der Waals surface area contributed by atoms with Gasteiger partial charge in [0.1, 0.15) is 0 Å². The summed E-state index contributed by atoms with van der Waals surface area (Å²) in [6.07, 6.45) is 9.37. The van der Waals surface area contributed by atoms with Crippen molar-refractivity contribution in [3.8, 4) is 0 Å². The smallest absolute Gasteiger partial charge is 0.0273 e.